The zero-order valence-corrected chi connectivity index (χ0v) is 18.5. The standard InChI is InChI=1S/C24H28N2O2S/c1-5-28-23(27)22-19(14-25)18-8-6-7-9-20(18)26-21(22)15-29-17-12-10-16(11-13-17)24(2,3)4/h10-13H,5-9,15H2,1-4H3. The molecule has 0 N–H and O–H groups in total. The van der Waals surface area contributed by atoms with Gasteiger partial charge >= 0.3 is 5.97 Å². The molecule has 2 aromatic rings. The summed E-state index contributed by atoms with van der Waals surface area (Å²) in [6, 6.07) is 10.8. The Balaban J connectivity index is 1.93. The SMILES string of the molecule is CCOC(=O)c1c(CSc2ccc(C(C)(C)C)cc2)nc2c(c1C#N)CCCC2. The summed E-state index contributed by atoms with van der Waals surface area (Å²) < 4.78 is 5.27. The average molecular weight is 409 g/mol. The highest BCUT2D eigenvalue weighted by Crippen LogP contribution is 2.32. The normalized spacial score (nSPS) is 13.5. The molecule has 0 unspecified atom stereocenters. The Bertz CT molecular complexity index is 937. The van der Waals surface area contributed by atoms with Gasteiger partial charge in [-0.1, -0.05) is 32.9 Å². The van der Waals surface area contributed by atoms with Crippen LogP contribution in [0.5, 0.6) is 0 Å². The molecule has 0 radical (unpaired) electrons. The van der Waals surface area contributed by atoms with Gasteiger partial charge in [-0.3, -0.25) is 4.98 Å². The van der Waals surface area contributed by atoms with E-state index in [0.29, 0.717) is 22.6 Å². The minimum atomic E-state index is -0.441. The van der Waals surface area contributed by atoms with Gasteiger partial charge < -0.3 is 4.74 Å². The van der Waals surface area contributed by atoms with Crippen molar-refractivity contribution < 1.29 is 9.53 Å². The monoisotopic (exact) mass is 408 g/mol. The van der Waals surface area contributed by atoms with Crippen molar-refractivity contribution in [2.24, 2.45) is 0 Å². The van der Waals surface area contributed by atoms with Crippen molar-refractivity contribution in [3.05, 3.63) is 57.9 Å². The van der Waals surface area contributed by atoms with E-state index in [0.717, 1.165) is 41.8 Å². The van der Waals surface area contributed by atoms with Crippen LogP contribution in [0.1, 0.15) is 79.0 Å². The molecule has 0 saturated carbocycles. The molecular weight excluding hydrogens is 380 g/mol. The first kappa shape index (κ1) is 21.4. The third-order valence-corrected chi connectivity index (χ3v) is 6.26. The number of thioether (sulfide) groups is 1. The van der Waals surface area contributed by atoms with Crippen molar-refractivity contribution >= 4 is 17.7 Å². The molecule has 4 nitrogen and oxygen atoms in total. The first-order valence-electron chi connectivity index (χ1n) is 10.2. The first-order valence-corrected chi connectivity index (χ1v) is 11.2. The predicted molar refractivity (Wildman–Crippen MR) is 116 cm³/mol. The van der Waals surface area contributed by atoms with Crippen LogP contribution in [0.15, 0.2) is 29.2 Å². The van der Waals surface area contributed by atoms with Crippen LogP contribution >= 0.6 is 11.8 Å². The minimum Gasteiger partial charge on any atom is -0.462 e. The highest BCUT2D eigenvalue weighted by Gasteiger charge is 2.26. The van der Waals surface area contributed by atoms with Crippen molar-refractivity contribution in [2.45, 2.75) is 69.4 Å². The molecule has 152 valence electrons. The van der Waals surface area contributed by atoms with E-state index in [2.05, 4.69) is 51.1 Å². The molecule has 1 aromatic heterocycles. The quantitative estimate of drug-likeness (QED) is 0.476. The molecule has 0 amide bonds. The van der Waals surface area contributed by atoms with Gasteiger partial charge in [-0.15, -0.1) is 11.8 Å². The topological polar surface area (TPSA) is 63.0 Å². The molecule has 0 spiro atoms. The van der Waals surface area contributed by atoms with E-state index in [9.17, 15) is 10.1 Å². The number of hydrogen-bond donors (Lipinski definition) is 0. The Morgan fingerprint density at radius 2 is 1.90 bits per heavy atom. The lowest BCUT2D eigenvalue weighted by atomic mass is 9.87. The summed E-state index contributed by atoms with van der Waals surface area (Å²) in [5.74, 6) is 0.0916. The van der Waals surface area contributed by atoms with Gasteiger partial charge in [0.05, 0.1) is 17.9 Å². The van der Waals surface area contributed by atoms with Crippen molar-refractivity contribution in [1.29, 1.82) is 5.26 Å². The summed E-state index contributed by atoms with van der Waals surface area (Å²) in [6.07, 6.45) is 3.77. The molecule has 1 aliphatic carbocycles. The van der Waals surface area contributed by atoms with Gasteiger partial charge in [-0.2, -0.15) is 5.26 Å². The summed E-state index contributed by atoms with van der Waals surface area (Å²) in [4.78, 5) is 18.6. The average Bonchev–Trinajstić information content (AvgIpc) is 2.70. The fourth-order valence-corrected chi connectivity index (χ4v) is 4.49. The van der Waals surface area contributed by atoms with E-state index in [-0.39, 0.29) is 12.0 Å². The van der Waals surface area contributed by atoms with Crippen LogP contribution in [0.25, 0.3) is 0 Å². The Morgan fingerprint density at radius 3 is 2.52 bits per heavy atom. The van der Waals surface area contributed by atoms with E-state index >= 15 is 0 Å². The molecule has 3 rings (SSSR count). The molecule has 5 heteroatoms. The van der Waals surface area contributed by atoms with Crippen molar-refractivity contribution in [2.75, 3.05) is 6.61 Å². The van der Waals surface area contributed by atoms with Crippen LogP contribution < -0.4 is 0 Å². The van der Waals surface area contributed by atoms with Gasteiger partial charge in [0.1, 0.15) is 11.6 Å². The molecule has 0 atom stereocenters. The van der Waals surface area contributed by atoms with E-state index in [1.807, 2.05) is 0 Å². The number of fused-ring (bicyclic) bond motifs is 1. The number of rotatable bonds is 5. The summed E-state index contributed by atoms with van der Waals surface area (Å²) in [7, 11) is 0. The fraction of sp³-hybridized carbons (Fsp3) is 0.458. The van der Waals surface area contributed by atoms with Crippen LogP contribution in [0.4, 0.5) is 0 Å². The highest BCUT2D eigenvalue weighted by molar-refractivity contribution is 7.98. The number of benzene rings is 1. The first-order chi connectivity index (χ1) is 13.8. The number of aromatic nitrogens is 1. The Kier molecular flexibility index (Phi) is 6.64. The molecule has 1 aromatic carbocycles. The summed E-state index contributed by atoms with van der Waals surface area (Å²) in [6.45, 7) is 8.65. The van der Waals surface area contributed by atoms with Crippen molar-refractivity contribution in [1.82, 2.24) is 4.98 Å². The molecule has 1 heterocycles. The Labute approximate surface area is 177 Å². The molecule has 0 saturated heterocycles. The van der Waals surface area contributed by atoms with E-state index in [1.165, 1.54) is 5.56 Å². The molecule has 1 aliphatic rings. The summed E-state index contributed by atoms with van der Waals surface area (Å²) in [5, 5.41) is 9.82. The zero-order chi connectivity index (χ0) is 21.0. The number of hydrogen-bond acceptors (Lipinski definition) is 5. The van der Waals surface area contributed by atoms with Crippen LogP contribution in [-0.2, 0) is 28.7 Å². The van der Waals surface area contributed by atoms with Crippen LogP contribution in [0.2, 0.25) is 0 Å². The highest BCUT2D eigenvalue weighted by atomic mass is 32.2. The lowest BCUT2D eigenvalue weighted by molar-refractivity contribution is 0.0524. The van der Waals surface area contributed by atoms with Crippen molar-refractivity contribution in [3.63, 3.8) is 0 Å². The van der Waals surface area contributed by atoms with E-state index < -0.39 is 5.97 Å². The van der Waals surface area contributed by atoms with E-state index in [4.69, 9.17) is 9.72 Å². The number of carbonyl (C=O) groups is 1. The molecule has 0 fully saturated rings. The maximum atomic E-state index is 12.7. The maximum absolute atomic E-state index is 12.7. The number of nitrogens with zero attached hydrogens (tertiary/aromatic N) is 2. The zero-order valence-electron chi connectivity index (χ0n) is 17.7. The number of esters is 1. The van der Waals surface area contributed by atoms with Crippen LogP contribution in [0.3, 0.4) is 0 Å². The number of nitriles is 1. The molecule has 0 aliphatic heterocycles. The van der Waals surface area contributed by atoms with Gasteiger partial charge in [0, 0.05) is 16.3 Å². The molecule has 29 heavy (non-hydrogen) atoms. The number of aryl methyl sites for hydroxylation is 1. The molecular formula is C24H28N2O2S. The maximum Gasteiger partial charge on any atom is 0.341 e. The van der Waals surface area contributed by atoms with Crippen molar-refractivity contribution in [3.8, 4) is 6.07 Å². The van der Waals surface area contributed by atoms with E-state index in [1.54, 1.807) is 18.7 Å². The second kappa shape index (κ2) is 9.00. The summed E-state index contributed by atoms with van der Waals surface area (Å²) in [5.41, 5.74) is 4.78. The largest absolute Gasteiger partial charge is 0.462 e. The third-order valence-electron chi connectivity index (χ3n) is 5.24. The lowest BCUT2D eigenvalue weighted by Gasteiger charge is -2.21. The fourth-order valence-electron chi connectivity index (χ4n) is 3.65. The van der Waals surface area contributed by atoms with Gasteiger partial charge in [0.15, 0.2) is 0 Å². The second-order valence-electron chi connectivity index (χ2n) is 8.34. The number of pyridine rings is 1. The van der Waals surface area contributed by atoms with Gasteiger partial charge in [0.2, 0.25) is 0 Å². The number of carbonyl (C=O) groups excluding carboxylic acids is 1. The van der Waals surface area contributed by atoms with Gasteiger partial charge in [-0.05, 0) is 61.3 Å². The lowest BCUT2D eigenvalue weighted by Crippen LogP contribution is -2.18. The predicted octanol–water partition coefficient (Wildman–Crippen LogP) is 5.60. The Hall–Kier alpha value is -2.32. The molecule has 0 bridgehead atoms. The second-order valence-corrected chi connectivity index (χ2v) is 9.38. The summed E-state index contributed by atoms with van der Waals surface area (Å²) >= 11 is 1.63. The van der Waals surface area contributed by atoms with Gasteiger partial charge in [0.25, 0.3) is 0 Å². The smallest absolute Gasteiger partial charge is 0.341 e. The number of ether oxygens (including phenoxy) is 1. The van der Waals surface area contributed by atoms with Crippen LogP contribution in [-0.4, -0.2) is 17.6 Å². The van der Waals surface area contributed by atoms with Gasteiger partial charge in [-0.25, -0.2) is 4.79 Å². The Morgan fingerprint density at radius 1 is 1.21 bits per heavy atom. The minimum absolute atomic E-state index is 0.113. The third kappa shape index (κ3) is 4.82. The van der Waals surface area contributed by atoms with Crippen LogP contribution in [0, 0.1) is 11.3 Å².